The standard InChI is InChI=1S/C17H13N5OS.3C2H6.CH4/c1-11-18-10-9-14(19-11)21-17-20-13-7-8-15(22-16(13)24-17)23-12-5-3-2-4-6-12;3*1-2;/h2-10H,1H3,(H,18,19,20,21);3*1-2H3;1H4. The minimum Gasteiger partial charge on any atom is -0.439 e. The number of benzene rings is 1. The first kappa shape index (κ1) is 27.9. The molecule has 0 aliphatic carbocycles. The van der Waals surface area contributed by atoms with E-state index in [1.165, 1.54) is 11.3 Å². The molecule has 4 aromatic rings. The minimum absolute atomic E-state index is 0. The van der Waals surface area contributed by atoms with Gasteiger partial charge in [0.25, 0.3) is 0 Å². The van der Waals surface area contributed by atoms with Gasteiger partial charge in [-0.3, -0.25) is 0 Å². The van der Waals surface area contributed by atoms with Crippen molar-refractivity contribution >= 4 is 32.6 Å². The number of pyridine rings is 1. The van der Waals surface area contributed by atoms with E-state index >= 15 is 0 Å². The van der Waals surface area contributed by atoms with Gasteiger partial charge in [0.15, 0.2) is 5.13 Å². The molecular weight excluding hydrogens is 406 g/mol. The summed E-state index contributed by atoms with van der Waals surface area (Å²) in [5.41, 5.74) is 0.814. The predicted molar refractivity (Wildman–Crippen MR) is 135 cm³/mol. The Morgan fingerprint density at radius 1 is 0.806 bits per heavy atom. The SMILES string of the molecule is C.CC.CC.CC.Cc1nccc(Nc2nc3ccc(Oc4ccccc4)nc3s2)n1. The van der Waals surface area contributed by atoms with Crippen molar-refractivity contribution in [1.29, 1.82) is 0 Å². The Balaban J connectivity index is 0.00000119. The number of aryl methyl sites for hydroxylation is 1. The molecule has 168 valence electrons. The number of hydrogen-bond acceptors (Lipinski definition) is 7. The molecule has 0 unspecified atom stereocenters. The maximum absolute atomic E-state index is 5.76. The van der Waals surface area contributed by atoms with E-state index in [4.69, 9.17) is 4.74 Å². The normalized spacial score (nSPS) is 8.87. The van der Waals surface area contributed by atoms with Gasteiger partial charge in [-0.2, -0.15) is 0 Å². The van der Waals surface area contributed by atoms with Gasteiger partial charge in [-0.15, -0.1) is 0 Å². The molecule has 31 heavy (non-hydrogen) atoms. The minimum atomic E-state index is 0. The lowest BCUT2D eigenvalue weighted by Gasteiger charge is -2.03. The van der Waals surface area contributed by atoms with Crippen molar-refractivity contribution in [2.75, 3.05) is 5.32 Å². The van der Waals surface area contributed by atoms with E-state index in [-0.39, 0.29) is 7.43 Å². The zero-order valence-corrected chi connectivity index (χ0v) is 19.6. The Labute approximate surface area is 190 Å². The molecule has 1 N–H and O–H groups in total. The number of aromatic nitrogens is 4. The summed E-state index contributed by atoms with van der Waals surface area (Å²) in [4.78, 5) is 18.2. The third-order valence-electron chi connectivity index (χ3n) is 3.21. The van der Waals surface area contributed by atoms with Crippen LogP contribution in [0.3, 0.4) is 0 Å². The van der Waals surface area contributed by atoms with Gasteiger partial charge in [0, 0.05) is 12.3 Å². The van der Waals surface area contributed by atoms with Crippen LogP contribution in [0.1, 0.15) is 54.8 Å². The Bertz CT molecular complexity index is 990. The molecule has 0 aliphatic rings. The highest BCUT2D eigenvalue weighted by molar-refractivity contribution is 7.21. The third-order valence-corrected chi connectivity index (χ3v) is 4.09. The van der Waals surface area contributed by atoms with Crippen LogP contribution in [0.15, 0.2) is 54.7 Å². The predicted octanol–water partition coefficient (Wildman–Crippen LogP) is 8.04. The second-order valence-electron chi connectivity index (χ2n) is 5.02. The molecular formula is C24H35N5OS. The summed E-state index contributed by atoms with van der Waals surface area (Å²) in [7, 11) is 0. The lowest BCUT2D eigenvalue weighted by molar-refractivity contribution is 0.465. The largest absolute Gasteiger partial charge is 0.439 e. The van der Waals surface area contributed by atoms with Gasteiger partial charge >= 0.3 is 0 Å². The van der Waals surface area contributed by atoms with E-state index in [0.717, 1.165) is 21.2 Å². The van der Waals surface area contributed by atoms with Crippen molar-refractivity contribution in [3.05, 3.63) is 60.6 Å². The Morgan fingerprint density at radius 3 is 2.13 bits per heavy atom. The number of rotatable bonds is 4. The van der Waals surface area contributed by atoms with E-state index < -0.39 is 0 Å². The van der Waals surface area contributed by atoms with Gasteiger partial charge in [-0.05, 0) is 31.2 Å². The summed E-state index contributed by atoms with van der Waals surface area (Å²) in [6.07, 6.45) is 1.71. The molecule has 0 saturated carbocycles. The van der Waals surface area contributed by atoms with Gasteiger partial charge in [0.2, 0.25) is 5.88 Å². The van der Waals surface area contributed by atoms with E-state index in [9.17, 15) is 0 Å². The van der Waals surface area contributed by atoms with Crippen molar-refractivity contribution in [2.24, 2.45) is 0 Å². The van der Waals surface area contributed by atoms with Crippen LogP contribution in [-0.4, -0.2) is 19.9 Å². The molecule has 0 bridgehead atoms. The number of para-hydroxylation sites is 1. The number of hydrogen-bond donors (Lipinski definition) is 1. The van der Waals surface area contributed by atoms with E-state index in [2.05, 4.69) is 25.3 Å². The Hall–Kier alpha value is -3.06. The van der Waals surface area contributed by atoms with E-state index in [1.54, 1.807) is 12.3 Å². The summed E-state index contributed by atoms with van der Waals surface area (Å²) in [6, 6.07) is 15.1. The van der Waals surface area contributed by atoms with Crippen molar-refractivity contribution in [3.63, 3.8) is 0 Å². The molecule has 0 saturated heterocycles. The smallest absolute Gasteiger partial charge is 0.220 e. The highest BCUT2D eigenvalue weighted by Crippen LogP contribution is 2.29. The fourth-order valence-electron chi connectivity index (χ4n) is 2.16. The molecule has 0 atom stereocenters. The van der Waals surface area contributed by atoms with Crippen molar-refractivity contribution in [3.8, 4) is 11.6 Å². The fourth-order valence-corrected chi connectivity index (χ4v) is 2.99. The maximum atomic E-state index is 5.76. The average molecular weight is 442 g/mol. The highest BCUT2D eigenvalue weighted by Gasteiger charge is 2.08. The molecule has 0 fully saturated rings. The first-order valence-corrected chi connectivity index (χ1v) is 11.1. The number of fused-ring (bicyclic) bond motifs is 1. The molecule has 1 aromatic carbocycles. The lowest BCUT2D eigenvalue weighted by Crippen LogP contribution is -1.95. The molecule has 3 heterocycles. The number of nitrogens with zero attached hydrogens (tertiary/aromatic N) is 4. The van der Waals surface area contributed by atoms with Crippen LogP contribution in [-0.2, 0) is 0 Å². The second-order valence-corrected chi connectivity index (χ2v) is 6.00. The number of anilines is 2. The van der Waals surface area contributed by atoms with Crippen LogP contribution >= 0.6 is 11.3 Å². The molecule has 4 rings (SSSR count). The topological polar surface area (TPSA) is 72.8 Å². The zero-order chi connectivity index (χ0) is 22.4. The second kappa shape index (κ2) is 15.7. The summed E-state index contributed by atoms with van der Waals surface area (Å²) < 4.78 is 5.76. The summed E-state index contributed by atoms with van der Waals surface area (Å²) in [6.45, 7) is 13.8. The molecule has 7 heteroatoms. The number of ether oxygens (including phenoxy) is 1. The van der Waals surface area contributed by atoms with Crippen LogP contribution in [0, 0.1) is 6.92 Å². The summed E-state index contributed by atoms with van der Waals surface area (Å²) in [5.74, 6) is 2.71. The highest BCUT2D eigenvalue weighted by atomic mass is 32.1. The van der Waals surface area contributed by atoms with Gasteiger partial charge in [0.05, 0.1) is 0 Å². The summed E-state index contributed by atoms with van der Waals surface area (Å²) >= 11 is 1.45. The van der Waals surface area contributed by atoms with Crippen LogP contribution in [0.25, 0.3) is 10.3 Å². The molecule has 0 amide bonds. The average Bonchev–Trinajstić information content (AvgIpc) is 3.20. The van der Waals surface area contributed by atoms with Crippen LogP contribution in [0.2, 0.25) is 0 Å². The molecule has 0 spiro atoms. The van der Waals surface area contributed by atoms with Gasteiger partial charge in [-0.1, -0.05) is 78.5 Å². The molecule has 6 nitrogen and oxygen atoms in total. The first-order valence-electron chi connectivity index (χ1n) is 10.3. The summed E-state index contributed by atoms with van der Waals surface area (Å²) in [5, 5.41) is 3.91. The van der Waals surface area contributed by atoms with Crippen molar-refractivity contribution < 1.29 is 4.74 Å². The van der Waals surface area contributed by atoms with Crippen LogP contribution < -0.4 is 10.1 Å². The number of thiazole rings is 1. The van der Waals surface area contributed by atoms with E-state index in [1.807, 2.05) is 90.9 Å². The van der Waals surface area contributed by atoms with Crippen molar-refractivity contribution in [1.82, 2.24) is 19.9 Å². The molecule has 0 radical (unpaired) electrons. The fraction of sp³-hybridized carbons (Fsp3) is 0.333. The lowest BCUT2D eigenvalue weighted by atomic mass is 10.3. The first-order chi connectivity index (χ1) is 14.8. The van der Waals surface area contributed by atoms with Crippen molar-refractivity contribution in [2.45, 2.75) is 55.9 Å². The van der Waals surface area contributed by atoms with Gasteiger partial charge < -0.3 is 10.1 Å². The Morgan fingerprint density at radius 2 is 1.48 bits per heavy atom. The Kier molecular flexibility index (Phi) is 14.2. The number of nitrogens with one attached hydrogen (secondary N) is 1. The quantitative estimate of drug-likeness (QED) is 0.345. The third kappa shape index (κ3) is 8.68. The zero-order valence-electron chi connectivity index (χ0n) is 18.8. The van der Waals surface area contributed by atoms with Crippen LogP contribution in [0.4, 0.5) is 10.9 Å². The molecule has 0 aliphatic heterocycles. The van der Waals surface area contributed by atoms with Gasteiger partial charge in [-0.25, -0.2) is 19.9 Å². The van der Waals surface area contributed by atoms with Gasteiger partial charge in [0.1, 0.15) is 27.7 Å². The van der Waals surface area contributed by atoms with Crippen LogP contribution in [0.5, 0.6) is 11.6 Å². The maximum Gasteiger partial charge on any atom is 0.220 e. The van der Waals surface area contributed by atoms with E-state index in [0.29, 0.717) is 17.5 Å². The monoisotopic (exact) mass is 441 g/mol. The molecule has 3 aromatic heterocycles.